The van der Waals surface area contributed by atoms with E-state index < -0.39 is 0 Å². The third kappa shape index (κ3) is 2.92. The van der Waals surface area contributed by atoms with Crippen LogP contribution in [-0.4, -0.2) is 23.2 Å². The Morgan fingerprint density at radius 2 is 1.30 bits per heavy atom. The molecule has 1 heterocycles. The van der Waals surface area contributed by atoms with Crippen molar-refractivity contribution in [1.29, 1.82) is 0 Å². The standard InChI is InChI=1S/C18H21NO/c20-11-5-10-19-13-17-8-3-1-6-15(17)12-16-7-2-4-9-18(16)14-19/h1-4,6-9,20H,5,10-14H2. The quantitative estimate of drug-likeness (QED) is 0.924. The highest BCUT2D eigenvalue weighted by atomic mass is 16.3. The van der Waals surface area contributed by atoms with Crippen LogP contribution in [0.2, 0.25) is 0 Å². The van der Waals surface area contributed by atoms with Gasteiger partial charge in [0.2, 0.25) is 0 Å². The van der Waals surface area contributed by atoms with E-state index in [-0.39, 0.29) is 6.61 Å². The van der Waals surface area contributed by atoms with E-state index in [0.717, 1.165) is 32.5 Å². The van der Waals surface area contributed by atoms with Crippen LogP contribution in [0.1, 0.15) is 28.7 Å². The van der Waals surface area contributed by atoms with Gasteiger partial charge in [0, 0.05) is 26.2 Å². The second-order valence-corrected chi connectivity index (χ2v) is 5.50. The summed E-state index contributed by atoms with van der Waals surface area (Å²) in [6.45, 7) is 3.16. The molecular formula is C18H21NO. The van der Waals surface area contributed by atoms with E-state index in [1.54, 1.807) is 0 Å². The number of fused-ring (bicyclic) bond motifs is 2. The maximum absolute atomic E-state index is 9.09. The summed E-state index contributed by atoms with van der Waals surface area (Å²) in [5.41, 5.74) is 5.68. The van der Waals surface area contributed by atoms with Crippen molar-refractivity contribution in [2.45, 2.75) is 25.9 Å². The minimum Gasteiger partial charge on any atom is -0.396 e. The molecule has 0 aliphatic carbocycles. The highest BCUT2D eigenvalue weighted by Gasteiger charge is 2.15. The molecule has 0 aromatic heterocycles. The molecule has 2 aromatic rings. The van der Waals surface area contributed by atoms with Gasteiger partial charge in [-0.2, -0.15) is 0 Å². The number of aliphatic hydroxyl groups is 1. The predicted octanol–water partition coefficient (Wildman–Crippen LogP) is 2.98. The molecule has 2 heteroatoms. The molecule has 0 unspecified atom stereocenters. The van der Waals surface area contributed by atoms with Gasteiger partial charge in [0.1, 0.15) is 0 Å². The van der Waals surface area contributed by atoms with Crippen LogP contribution in [0.5, 0.6) is 0 Å². The van der Waals surface area contributed by atoms with E-state index in [0.29, 0.717) is 0 Å². The van der Waals surface area contributed by atoms with Gasteiger partial charge in [-0.1, -0.05) is 48.5 Å². The average Bonchev–Trinajstić information content (AvgIpc) is 2.46. The van der Waals surface area contributed by atoms with Crippen molar-refractivity contribution in [2.75, 3.05) is 13.2 Å². The fraction of sp³-hybridized carbons (Fsp3) is 0.333. The summed E-state index contributed by atoms with van der Waals surface area (Å²) in [4.78, 5) is 2.44. The Balaban J connectivity index is 1.96. The van der Waals surface area contributed by atoms with Gasteiger partial charge >= 0.3 is 0 Å². The summed E-state index contributed by atoms with van der Waals surface area (Å²) < 4.78 is 0. The fourth-order valence-electron chi connectivity index (χ4n) is 2.96. The largest absolute Gasteiger partial charge is 0.396 e. The normalized spacial score (nSPS) is 15.1. The van der Waals surface area contributed by atoms with Crippen molar-refractivity contribution in [3.05, 3.63) is 70.8 Å². The average molecular weight is 267 g/mol. The smallest absolute Gasteiger partial charge is 0.0443 e. The van der Waals surface area contributed by atoms with Crippen molar-refractivity contribution in [2.24, 2.45) is 0 Å². The molecule has 0 spiro atoms. The molecule has 0 saturated carbocycles. The fourth-order valence-corrected chi connectivity index (χ4v) is 2.96. The monoisotopic (exact) mass is 267 g/mol. The maximum Gasteiger partial charge on any atom is 0.0443 e. The van der Waals surface area contributed by atoms with Crippen LogP contribution in [0.15, 0.2) is 48.5 Å². The number of benzene rings is 2. The van der Waals surface area contributed by atoms with Crippen molar-refractivity contribution in [3.63, 3.8) is 0 Å². The highest BCUT2D eigenvalue weighted by Crippen LogP contribution is 2.24. The zero-order valence-electron chi connectivity index (χ0n) is 11.8. The van der Waals surface area contributed by atoms with Crippen molar-refractivity contribution in [3.8, 4) is 0 Å². The van der Waals surface area contributed by atoms with Gasteiger partial charge in [-0.25, -0.2) is 0 Å². The first-order valence-electron chi connectivity index (χ1n) is 7.33. The Bertz CT molecular complexity index is 532. The van der Waals surface area contributed by atoms with Gasteiger partial charge in [-0.05, 0) is 35.1 Å². The van der Waals surface area contributed by atoms with Gasteiger partial charge in [-0.15, -0.1) is 0 Å². The van der Waals surface area contributed by atoms with Gasteiger partial charge < -0.3 is 5.11 Å². The summed E-state index contributed by atoms with van der Waals surface area (Å²) in [5.74, 6) is 0. The zero-order chi connectivity index (χ0) is 13.8. The molecule has 0 atom stereocenters. The summed E-state index contributed by atoms with van der Waals surface area (Å²) in [5, 5.41) is 9.09. The molecule has 2 aromatic carbocycles. The third-order valence-electron chi connectivity index (χ3n) is 4.04. The Hall–Kier alpha value is -1.64. The van der Waals surface area contributed by atoms with E-state index in [9.17, 15) is 0 Å². The summed E-state index contributed by atoms with van der Waals surface area (Å²) in [6.07, 6.45) is 1.87. The van der Waals surface area contributed by atoms with E-state index in [2.05, 4.69) is 53.4 Å². The van der Waals surface area contributed by atoms with E-state index in [1.807, 2.05) is 0 Å². The number of aliphatic hydroxyl groups excluding tert-OH is 1. The molecule has 1 aliphatic rings. The lowest BCUT2D eigenvalue weighted by Gasteiger charge is -2.27. The summed E-state index contributed by atoms with van der Waals surface area (Å²) in [6, 6.07) is 17.4. The molecule has 1 aliphatic heterocycles. The van der Waals surface area contributed by atoms with Gasteiger partial charge in [0.05, 0.1) is 0 Å². The molecule has 0 fully saturated rings. The molecule has 2 nitrogen and oxygen atoms in total. The first-order valence-corrected chi connectivity index (χ1v) is 7.33. The van der Waals surface area contributed by atoms with Crippen LogP contribution in [0.3, 0.4) is 0 Å². The molecule has 0 bridgehead atoms. The Morgan fingerprint density at radius 1 is 0.800 bits per heavy atom. The van der Waals surface area contributed by atoms with E-state index in [1.165, 1.54) is 22.3 Å². The third-order valence-corrected chi connectivity index (χ3v) is 4.04. The Labute approximate surface area is 120 Å². The summed E-state index contributed by atoms with van der Waals surface area (Å²) in [7, 11) is 0. The van der Waals surface area contributed by atoms with Crippen LogP contribution in [0.25, 0.3) is 0 Å². The van der Waals surface area contributed by atoms with Gasteiger partial charge in [-0.3, -0.25) is 4.90 Å². The van der Waals surface area contributed by atoms with Gasteiger partial charge in [0.25, 0.3) is 0 Å². The Kier molecular flexibility index (Phi) is 4.14. The second-order valence-electron chi connectivity index (χ2n) is 5.50. The first-order chi connectivity index (χ1) is 9.86. The summed E-state index contributed by atoms with van der Waals surface area (Å²) >= 11 is 0. The molecule has 0 amide bonds. The number of nitrogens with zero attached hydrogens (tertiary/aromatic N) is 1. The second kappa shape index (κ2) is 6.21. The van der Waals surface area contributed by atoms with Crippen LogP contribution < -0.4 is 0 Å². The number of rotatable bonds is 3. The first kappa shape index (κ1) is 13.3. The van der Waals surface area contributed by atoms with Crippen molar-refractivity contribution in [1.82, 2.24) is 4.90 Å². The van der Waals surface area contributed by atoms with Crippen LogP contribution in [0, 0.1) is 0 Å². The minimum absolute atomic E-state index is 0.264. The molecule has 1 N–H and O–H groups in total. The number of hydrogen-bond donors (Lipinski definition) is 1. The molecule has 0 radical (unpaired) electrons. The molecule has 3 rings (SSSR count). The lowest BCUT2D eigenvalue weighted by Crippen LogP contribution is -2.27. The number of hydrogen-bond acceptors (Lipinski definition) is 2. The predicted molar refractivity (Wildman–Crippen MR) is 81.5 cm³/mol. The lowest BCUT2D eigenvalue weighted by molar-refractivity contribution is 0.211. The van der Waals surface area contributed by atoms with E-state index >= 15 is 0 Å². The topological polar surface area (TPSA) is 23.5 Å². The molecule has 0 saturated heterocycles. The molecular weight excluding hydrogens is 246 g/mol. The van der Waals surface area contributed by atoms with Crippen LogP contribution in [0.4, 0.5) is 0 Å². The maximum atomic E-state index is 9.09. The van der Waals surface area contributed by atoms with Gasteiger partial charge in [0.15, 0.2) is 0 Å². The Morgan fingerprint density at radius 3 is 1.80 bits per heavy atom. The van der Waals surface area contributed by atoms with Crippen LogP contribution in [-0.2, 0) is 19.5 Å². The highest BCUT2D eigenvalue weighted by molar-refractivity contribution is 5.37. The van der Waals surface area contributed by atoms with Crippen molar-refractivity contribution >= 4 is 0 Å². The molecule has 104 valence electrons. The van der Waals surface area contributed by atoms with E-state index in [4.69, 9.17) is 5.11 Å². The minimum atomic E-state index is 0.264. The SMILES string of the molecule is OCCCN1Cc2ccccc2Cc2ccccc2C1. The zero-order valence-corrected chi connectivity index (χ0v) is 11.8. The lowest BCUT2D eigenvalue weighted by atomic mass is 9.94. The van der Waals surface area contributed by atoms with Crippen molar-refractivity contribution < 1.29 is 5.11 Å². The van der Waals surface area contributed by atoms with Crippen LogP contribution >= 0.6 is 0 Å². The molecule has 20 heavy (non-hydrogen) atoms.